The van der Waals surface area contributed by atoms with Crippen molar-refractivity contribution in [3.63, 3.8) is 0 Å². The molecule has 1 aliphatic carbocycles. The molecule has 2 N–H and O–H groups in total. The maximum Gasteiger partial charge on any atom is 0.334 e. The molecule has 0 radical (unpaired) electrons. The number of carbonyl (C=O) groups excluding carboxylic acids is 2. The number of carbonyl (C=O) groups is 2. The quantitative estimate of drug-likeness (QED) is 0.583. The maximum atomic E-state index is 11.7. The predicted molar refractivity (Wildman–Crippen MR) is 60.5 cm³/mol. The Kier molecular flexibility index (Phi) is 5.02. The minimum atomic E-state index is -0.575. The second kappa shape index (κ2) is 6.30. The van der Waals surface area contributed by atoms with Crippen molar-refractivity contribution < 1.29 is 14.3 Å². The molecule has 90 valence electrons. The fourth-order valence-electron chi connectivity index (χ4n) is 2.12. The van der Waals surface area contributed by atoms with Crippen molar-refractivity contribution in [2.24, 2.45) is 11.7 Å². The van der Waals surface area contributed by atoms with E-state index in [-0.39, 0.29) is 5.92 Å². The summed E-state index contributed by atoms with van der Waals surface area (Å²) in [5, 5.41) is 0. The van der Waals surface area contributed by atoms with Crippen molar-refractivity contribution in [3.8, 4) is 0 Å². The van der Waals surface area contributed by atoms with Crippen molar-refractivity contribution in [2.45, 2.75) is 39.0 Å². The van der Waals surface area contributed by atoms with Crippen LogP contribution in [0.3, 0.4) is 0 Å². The maximum absolute atomic E-state index is 11.7. The lowest BCUT2D eigenvalue weighted by Gasteiger charge is -2.23. The Morgan fingerprint density at radius 2 is 1.94 bits per heavy atom. The Bertz CT molecular complexity index is 291. The molecule has 16 heavy (non-hydrogen) atoms. The molecule has 1 amide bonds. The second-order valence-corrected chi connectivity index (χ2v) is 4.06. The standard InChI is InChI=1S/C12H19NO3/c1-2-16-12(15)10(8-11(13)14)9-6-4-3-5-7-9/h8-9H,2-7H2,1H3,(H2,13,14)/b10-8-. The molecule has 0 aromatic carbocycles. The molecular weight excluding hydrogens is 206 g/mol. The van der Waals surface area contributed by atoms with E-state index in [1.165, 1.54) is 12.5 Å². The molecule has 4 nitrogen and oxygen atoms in total. The van der Waals surface area contributed by atoms with Gasteiger partial charge in [-0.2, -0.15) is 0 Å². The summed E-state index contributed by atoms with van der Waals surface area (Å²) in [7, 11) is 0. The third-order valence-electron chi connectivity index (χ3n) is 2.85. The number of rotatable bonds is 4. The largest absolute Gasteiger partial charge is 0.463 e. The molecule has 1 saturated carbocycles. The molecule has 0 spiro atoms. The van der Waals surface area contributed by atoms with Gasteiger partial charge in [0.05, 0.1) is 6.61 Å². The third kappa shape index (κ3) is 3.68. The van der Waals surface area contributed by atoms with Gasteiger partial charge in [0.15, 0.2) is 0 Å². The minimum Gasteiger partial charge on any atom is -0.463 e. The first kappa shape index (κ1) is 12.7. The summed E-state index contributed by atoms with van der Waals surface area (Å²) in [6.07, 6.45) is 6.51. The van der Waals surface area contributed by atoms with E-state index in [1.807, 2.05) is 0 Å². The molecule has 1 rings (SSSR count). The molecule has 0 atom stereocenters. The van der Waals surface area contributed by atoms with Crippen LogP contribution in [0.15, 0.2) is 11.6 Å². The lowest BCUT2D eigenvalue weighted by molar-refractivity contribution is -0.139. The van der Waals surface area contributed by atoms with Crippen LogP contribution >= 0.6 is 0 Å². The lowest BCUT2D eigenvalue weighted by atomic mass is 9.83. The molecule has 0 unspecified atom stereocenters. The summed E-state index contributed by atoms with van der Waals surface area (Å²) in [5.41, 5.74) is 5.56. The molecule has 1 aliphatic rings. The highest BCUT2D eigenvalue weighted by Crippen LogP contribution is 2.30. The zero-order chi connectivity index (χ0) is 12.0. The molecule has 4 heteroatoms. The van der Waals surface area contributed by atoms with Crippen LogP contribution in [0.2, 0.25) is 0 Å². The van der Waals surface area contributed by atoms with Gasteiger partial charge in [0.2, 0.25) is 5.91 Å². The topological polar surface area (TPSA) is 69.4 Å². The zero-order valence-electron chi connectivity index (χ0n) is 9.70. The smallest absolute Gasteiger partial charge is 0.334 e. The van der Waals surface area contributed by atoms with Crippen molar-refractivity contribution >= 4 is 11.9 Å². The van der Waals surface area contributed by atoms with Crippen LogP contribution in [0.1, 0.15) is 39.0 Å². The van der Waals surface area contributed by atoms with Crippen molar-refractivity contribution in [1.82, 2.24) is 0 Å². The molecule has 0 aliphatic heterocycles. The number of hydrogen-bond acceptors (Lipinski definition) is 3. The molecule has 0 aromatic heterocycles. The van der Waals surface area contributed by atoms with Gasteiger partial charge >= 0.3 is 5.97 Å². The number of esters is 1. The highest BCUT2D eigenvalue weighted by Gasteiger charge is 2.24. The molecule has 0 saturated heterocycles. The fourth-order valence-corrected chi connectivity index (χ4v) is 2.12. The predicted octanol–water partition coefficient (Wildman–Crippen LogP) is 1.54. The molecule has 0 heterocycles. The summed E-state index contributed by atoms with van der Waals surface area (Å²) in [6, 6.07) is 0. The highest BCUT2D eigenvalue weighted by atomic mass is 16.5. The Balaban J connectivity index is 2.77. The van der Waals surface area contributed by atoms with E-state index in [0.29, 0.717) is 12.2 Å². The van der Waals surface area contributed by atoms with E-state index >= 15 is 0 Å². The van der Waals surface area contributed by atoms with Crippen molar-refractivity contribution in [3.05, 3.63) is 11.6 Å². The van der Waals surface area contributed by atoms with Crippen molar-refractivity contribution in [1.29, 1.82) is 0 Å². The number of hydrogen-bond donors (Lipinski definition) is 1. The summed E-state index contributed by atoms with van der Waals surface area (Å²) in [6.45, 7) is 2.07. The highest BCUT2D eigenvalue weighted by molar-refractivity contribution is 5.98. The third-order valence-corrected chi connectivity index (χ3v) is 2.85. The molecular formula is C12H19NO3. The average Bonchev–Trinajstić information content (AvgIpc) is 2.27. The van der Waals surface area contributed by atoms with Crippen molar-refractivity contribution in [2.75, 3.05) is 6.61 Å². The van der Waals surface area contributed by atoms with Crippen LogP contribution < -0.4 is 5.73 Å². The summed E-state index contributed by atoms with van der Waals surface area (Å²) < 4.78 is 4.94. The normalized spacial score (nSPS) is 18.2. The van der Waals surface area contributed by atoms with Gasteiger partial charge in [-0.25, -0.2) is 4.79 Å². The van der Waals surface area contributed by atoms with Crippen LogP contribution in [-0.4, -0.2) is 18.5 Å². The van der Waals surface area contributed by atoms with E-state index in [0.717, 1.165) is 25.7 Å². The first-order valence-electron chi connectivity index (χ1n) is 5.83. The van der Waals surface area contributed by atoms with E-state index < -0.39 is 11.9 Å². The summed E-state index contributed by atoms with van der Waals surface area (Å²) in [4.78, 5) is 22.6. The Labute approximate surface area is 95.8 Å². The van der Waals surface area contributed by atoms with Crippen LogP contribution in [0.4, 0.5) is 0 Å². The second-order valence-electron chi connectivity index (χ2n) is 4.06. The van der Waals surface area contributed by atoms with Crippen LogP contribution in [0, 0.1) is 5.92 Å². The van der Waals surface area contributed by atoms with E-state index in [4.69, 9.17) is 10.5 Å². The van der Waals surface area contributed by atoms with E-state index in [2.05, 4.69) is 0 Å². The van der Waals surface area contributed by atoms with E-state index in [1.54, 1.807) is 6.92 Å². The molecule has 1 fully saturated rings. The van der Waals surface area contributed by atoms with Gasteiger partial charge in [-0.3, -0.25) is 4.79 Å². The first-order valence-corrected chi connectivity index (χ1v) is 5.83. The Morgan fingerprint density at radius 1 is 1.31 bits per heavy atom. The van der Waals surface area contributed by atoms with Crippen LogP contribution in [-0.2, 0) is 14.3 Å². The van der Waals surface area contributed by atoms with E-state index in [9.17, 15) is 9.59 Å². The monoisotopic (exact) mass is 225 g/mol. The number of ether oxygens (including phenoxy) is 1. The summed E-state index contributed by atoms with van der Waals surface area (Å²) >= 11 is 0. The van der Waals surface area contributed by atoms with Crippen LogP contribution in [0.5, 0.6) is 0 Å². The van der Waals surface area contributed by atoms with Crippen LogP contribution in [0.25, 0.3) is 0 Å². The van der Waals surface area contributed by atoms with Gasteiger partial charge in [-0.15, -0.1) is 0 Å². The van der Waals surface area contributed by atoms with Gasteiger partial charge in [-0.1, -0.05) is 19.3 Å². The minimum absolute atomic E-state index is 0.139. The SMILES string of the molecule is CCOC(=O)/C(=C\C(N)=O)C1CCCCC1. The zero-order valence-corrected chi connectivity index (χ0v) is 9.70. The fraction of sp³-hybridized carbons (Fsp3) is 0.667. The Morgan fingerprint density at radius 3 is 2.44 bits per heavy atom. The summed E-state index contributed by atoms with van der Waals surface area (Å²) in [5.74, 6) is -0.831. The average molecular weight is 225 g/mol. The molecule has 0 aromatic rings. The van der Waals surface area contributed by atoms with Gasteiger partial charge in [0.25, 0.3) is 0 Å². The number of primary amides is 1. The lowest BCUT2D eigenvalue weighted by Crippen LogP contribution is -2.21. The molecule has 0 bridgehead atoms. The number of nitrogens with two attached hydrogens (primary N) is 1. The van der Waals surface area contributed by atoms with Gasteiger partial charge in [-0.05, 0) is 25.7 Å². The number of amides is 1. The van der Waals surface area contributed by atoms with Gasteiger partial charge < -0.3 is 10.5 Å². The van der Waals surface area contributed by atoms with Gasteiger partial charge in [0, 0.05) is 11.6 Å². The van der Waals surface area contributed by atoms with Gasteiger partial charge in [0.1, 0.15) is 0 Å². The first-order chi connectivity index (χ1) is 7.65. The Hall–Kier alpha value is -1.32.